The maximum Gasteiger partial charge on any atom is 0.254 e. The summed E-state index contributed by atoms with van der Waals surface area (Å²) in [6, 6.07) is 11.3. The van der Waals surface area contributed by atoms with Gasteiger partial charge in [-0.15, -0.1) is 0 Å². The Morgan fingerprint density at radius 2 is 1.79 bits per heavy atom. The molecule has 28 heavy (non-hydrogen) atoms. The summed E-state index contributed by atoms with van der Waals surface area (Å²) >= 11 is 0. The molecule has 0 aliphatic rings. The fourth-order valence-electron chi connectivity index (χ4n) is 2.61. The number of carbonyl (C=O) groups excluding carboxylic acids is 2. The van der Waals surface area contributed by atoms with E-state index in [1.54, 1.807) is 13.2 Å². The topological polar surface area (TPSA) is 76.7 Å². The molecule has 0 saturated heterocycles. The van der Waals surface area contributed by atoms with Gasteiger partial charge in [0.2, 0.25) is 5.91 Å². The Morgan fingerprint density at radius 3 is 2.50 bits per heavy atom. The Labute approximate surface area is 164 Å². The fourth-order valence-corrected chi connectivity index (χ4v) is 2.61. The largest absolute Gasteiger partial charge is 0.493 e. The van der Waals surface area contributed by atoms with Crippen LogP contribution in [0.5, 0.6) is 11.5 Å². The van der Waals surface area contributed by atoms with E-state index >= 15 is 0 Å². The summed E-state index contributed by atoms with van der Waals surface area (Å²) in [5.41, 5.74) is 0.946. The highest BCUT2D eigenvalue weighted by molar-refractivity contribution is 5.94. The van der Waals surface area contributed by atoms with Crippen molar-refractivity contribution in [2.75, 3.05) is 26.8 Å². The molecule has 0 bridgehead atoms. The van der Waals surface area contributed by atoms with E-state index < -0.39 is 11.7 Å². The summed E-state index contributed by atoms with van der Waals surface area (Å²) in [6.45, 7) is 2.93. The second-order valence-corrected chi connectivity index (χ2v) is 6.00. The summed E-state index contributed by atoms with van der Waals surface area (Å²) in [6.07, 6.45) is 0.856. The van der Waals surface area contributed by atoms with Crippen molar-refractivity contribution in [2.24, 2.45) is 0 Å². The quantitative estimate of drug-likeness (QED) is 0.614. The first-order valence-electron chi connectivity index (χ1n) is 9.14. The van der Waals surface area contributed by atoms with E-state index in [-0.39, 0.29) is 24.6 Å². The summed E-state index contributed by atoms with van der Waals surface area (Å²) < 4.78 is 24.3. The van der Waals surface area contributed by atoms with E-state index in [2.05, 4.69) is 10.6 Å². The molecule has 0 aromatic heterocycles. The third-order valence-corrected chi connectivity index (χ3v) is 4.02. The lowest BCUT2D eigenvalue weighted by molar-refractivity contribution is -0.121. The number of carbonyl (C=O) groups is 2. The lowest BCUT2D eigenvalue weighted by Crippen LogP contribution is -2.35. The van der Waals surface area contributed by atoms with Crippen LogP contribution in [0.1, 0.15) is 29.3 Å². The van der Waals surface area contributed by atoms with Gasteiger partial charge >= 0.3 is 0 Å². The van der Waals surface area contributed by atoms with E-state index in [1.165, 1.54) is 18.2 Å². The van der Waals surface area contributed by atoms with Crippen molar-refractivity contribution in [2.45, 2.75) is 19.8 Å². The van der Waals surface area contributed by atoms with Crippen molar-refractivity contribution >= 4 is 11.8 Å². The number of benzene rings is 2. The lowest BCUT2D eigenvalue weighted by atomic mass is 10.1. The molecule has 2 rings (SSSR count). The van der Waals surface area contributed by atoms with Crippen molar-refractivity contribution in [3.63, 3.8) is 0 Å². The van der Waals surface area contributed by atoms with Crippen LogP contribution < -0.4 is 20.1 Å². The monoisotopic (exact) mass is 388 g/mol. The third kappa shape index (κ3) is 6.26. The number of aryl methyl sites for hydroxylation is 1. The first kappa shape index (κ1) is 21.2. The predicted molar refractivity (Wildman–Crippen MR) is 104 cm³/mol. The van der Waals surface area contributed by atoms with E-state index in [1.807, 2.05) is 25.1 Å². The minimum absolute atomic E-state index is 0.0155. The zero-order chi connectivity index (χ0) is 20.4. The number of rotatable bonds is 10. The first-order valence-corrected chi connectivity index (χ1v) is 9.14. The van der Waals surface area contributed by atoms with Gasteiger partial charge in [-0.2, -0.15) is 0 Å². The van der Waals surface area contributed by atoms with Crippen LogP contribution in [-0.2, 0) is 11.2 Å². The van der Waals surface area contributed by atoms with Crippen molar-refractivity contribution in [3.05, 3.63) is 59.4 Å². The molecule has 0 spiro atoms. The van der Waals surface area contributed by atoms with Crippen LogP contribution in [0, 0.1) is 5.82 Å². The summed E-state index contributed by atoms with van der Waals surface area (Å²) in [7, 11) is 1.57. The van der Waals surface area contributed by atoms with Gasteiger partial charge in [0.05, 0.1) is 19.3 Å². The van der Waals surface area contributed by atoms with Gasteiger partial charge in [0.15, 0.2) is 11.5 Å². The number of methoxy groups -OCH3 is 1. The standard InChI is InChI=1S/C21H25FN2O4/c1-3-28-18-10-8-15(14-19(18)27-2)9-11-20(25)23-12-13-24-21(26)16-6-4-5-7-17(16)22/h4-8,10,14H,3,9,11-13H2,1-2H3,(H,23,25)(H,24,26). The van der Waals surface area contributed by atoms with Crippen LogP contribution >= 0.6 is 0 Å². The molecule has 2 amide bonds. The van der Waals surface area contributed by atoms with Crippen molar-refractivity contribution in [3.8, 4) is 11.5 Å². The van der Waals surface area contributed by atoms with Gasteiger partial charge in [0.1, 0.15) is 5.82 Å². The number of hydrogen-bond donors (Lipinski definition) is 2. The third-order valence-electron chi connectivity index (χ3n) is 4.02. The van der Waals surface area contributed by atoms with Gasteiger partial charge in [0.25, 0.3) is 5.91 Å². The molecule has 0 saturated carbocycles. The van der Waals surface area contributed by atoms with Crippen LogP contribution in [0.3, 0.4) is 0 Å². The smallest absolute Gasteiger partial charge is 0.254 e. The molecule has 0 heterocycles. The normalized spacial score (nSPS) is 10.2. The van der Waals surface area contributed by atoms with E-state index in [9.17, 15) is 14.0 Å². The highest BCUT2D eigenvalue weighted by atomic mass is 19.1. The van der Waals surface area contributed by atoms with Crippen molar-refractivity contribution < 1.29 is 23.5 Å². The maximum absolute atomic E-state index is 13.5. The van der Waals surface area contributed by atoms with Gasteiger partial charge in [-0.3, -0.25) is 9.59 Å². The van der Waals surface area contributed by atoms with Gasteiger partial charge in [-0.05, 0) is 43.2 Å². The highest BCUT2D eigenvalue weighted by Crippen LogP contribution is 2.28. The SMILES string of the molecule is CCOc1ccc(CCC(=O)NCCNC(=O)c2ccccc2F)cc1OC. The Kier molecular flexibility index (Phi) is 8.27. The highest BCUT2D eigenvalue weighted by Gasteiger charge is 2.10. The number of nitrogens with one attached hydrogen (secondary N) is 2. The molecule has 6 nitrogen and oxygen atoms in total. The van der Waals surface area contributed by atoms with Crippen LogP contribution in [0.15, 0.2) is 42.5 Å². The van der Waals surface area contributed by atoms with Crippen LogP contribution in [0.4, 0.5) is 4.39 Å². The van der Waals surface area contributed by atoms with Crippen LogP contribution in [-0.4, -0.2) is 38.6 Å². The van der Waals surface area contributed by atoms with Crippen molar-refractivity contribution in [1.82, 2.24) is 10.6 Å². The fraction of sp³-hybridized carbons (Fsp3) is 0.333. The Hall–Kier alpha value is -3.09. The summed E-state index contributed by atoms with van der Waals surface area (Å²) in [4.78, 5) is 23.8. The Balaban J connectivity index is 1.71. The maximum atomic E-state index is 13.5. The average molecular weight is 388 g/mol. The number of ether oxygens (including phenoxy) is 2. The minimum Gasteiger partial charge on any atom is -0.493 e. The molecule has 0 aliphatic heterocycles. The van der Waals surface area contributed by atoms with E-state index in [0.29, 0.717) is 30.9 Å². The number of halogens is 1. The Bertz CT molecular complexity index is 811. The van der Waals surface area contributed by atoms with E-state index in [4.69, 9.17) is 9.47 Å². The van der Waals surface area contributed by atoms with Gasteiger partial charge < -0.3 is 20.1 Å². The van der Waals surface area contributed by atoms with Crippen molar-refractivity contribution in [1.29, 1.82) is 0 Å². The van der Waals surface area contributed by atoms with Gasteiger partial charge in [-0.25, -0.2) is 4.39 Å². The second-order valence-electron chi connectivity index (χ2n) is 6.00. The molecular formula is C21H25FN2O4. The number of hydrogen-bond acceptors (Lipinski definition) is 4. The summed E-state index contributed by atoms with van der Waals surface area (Å²) in [5.74, 6) is 0.0936. The zero-order valence-corrected chi connectivity index (χ0v) is 16.1. The summed E-state index contributed by atoms with van der Waals surface area (Å²) in [5, 5.41) is 5.31. The zero-order valence-electron chi connectivity index (χ0n) is 16.1. The minimum atomic E-state index is -0.574. The molecule has 0 radical (unpaired) electrons. The van der Waals surface area contributed by atoms with E-state index in [0.717, 1.165) is 5.56 Å². The average Bonchev–Trinajstić information content (AvgIpc) is 2.70. The molecule has 2 aromatic carbocycles. The molecule has 7 heteroatoms. The predicted octanol–water partition coefficient (Wildman–Crippen LogP) is 2.71. The molecule has 2 N–H and O–H groups in total. The molecular weight excluding hydrogens is 363 g/mol. The lowest BCUT2D eigenvalue weighted by Gasteiger charge is -2.11. The van der Waals surface area contributed by atoms with Crippen LogP contribution in [0.2, 0.25) is 0 Å². The molecule has 0 unspecified atom stereocenters. The second kappa shape index (κ2) is 10.9. The molecule has 0 aliphatic carbocycles. The first-order chi connectivity index (χ1) is 13.5. The van der Waals surface area contributed by atoms with Gasteiger partial charge in [0, 0.05) is 19.5 Å². The van der Waals surface area contributed by atoms with Gasteiger partial charge in [-0.1, -0.05) is 18.2 Å². The molecule has 150 valence electrons. The molecule has 2 aromatic rings. The van der Waals surface area contributed by atoms with Crippen LogP contribution in [0.25, 0.3) is 0 Å². The molecule has 0 atom stereocenters. The molecule has 0 fully saturated rings. The number of amides is 2. The Morgan fingerprint density at radius 1 is 1.04 bits per heavy atom.